The van der Waals surface area contributed by atoms with E-state index in [9.17, 15) is 13.2 Å². The average Bonchev–Trinajstić information content (AvgIpc) is 3.16. The van der Waals surface area contributed by atoms with Gasteiger partial charge in [0.05, 0.1) is 11.5 Å². The van der Waals surface area contributed by atoms with Crippen LogP contribution in [-0.2, 0) is 21.2 Å². The van der Waals surface area contributed by atoms with Crippen LogP contribution in [0.5, 0.6) is 5.75 Å². The highest BCUT2D eigenvalue weighted by molar-refractivity contribution is 7.92. The largest absolute Gasteiger partial charge is 0.494 e. The molecule has 1 N–H and O–H groups in total. The lowest BCUT2D eigenvalue weighted by molar-refractivity contribution is -0.113. The van der Waals surface area contributed by atoms with Crippen molar-refractivity contribution in [3.63, 3.8) is 0 Å². The summed E-state index contributed by atoms with van der Waals surface area (Å²) in [6.45, 7) is 2.83. The Labute approximate surface area is 197 Å². The summed E-state index contributed by atoms with van der Waals surface area (Å²) >= 11 is 6.30. The Morgan fingerprint density at radius 3 is 2.42 bits per heavy atom. The number of carbonyl (C=O) groups is 1. The number of ether oxygens (including phenoxy) is 1. The molecule has 0 unspecified atom stereocenters. The number of hydrogen-bond acceptors (Lipinski definition) is 4. The van der Waals surface area contributed by atoms with Crippen molar-refractivity contribution in [2.45, 2.75) is 18.4 Å². The maximum Gasteiger partial charge on any atom is 0.239 e. The Bertz CT molecular complexity index is 1400. The van der Waals surface area contributed by atoms with Gasteiger partial charge in [-0.1, -0.05) is 48.0 Å². The van der Waals surface area contributed by atoms with Crippen molar-refractivity contribution in [1.82, 2.24) is 4.57 Å². The summed E-state index contributed by atoms with van der Waals surface area (Å²) in [6.07, 6.45) is 1.58. The van der Waals surface area contributed by atoms with Gasteiger partial charge in [-0.2, -0.15) is 0 Å². The highest BCUT2D eigenvalue weighted by atomic mass is 35.5. The quantitative estimate of drug-likeness (QED) is 0.376. The smallest absolute Gasteiger partial charge is 0.239 e. The minimum absolute atomic E-state index is 0.118. The molecular formula is C25H23ClN2O4S. The molecule has 6 nitrogen and oxygen atoms in total. The first kappa shape index (κ1) is 22.9. The second kappa shape index (κ2) is 9.68. The Kier molecular flexibility index (Phi) is 6.72. The topological polar surface area (TPSA) is 77.4 Å². The molecule has 0 radical (unpaired) electrons. The van der Waals surface area contributed by atoms with Gasteiger partial charge in [-0.05, 0) is 48.9 Å². The van der Waals surface area contributed by atoms with E-state index >= 15 is 0 Å². The van der Waals surface area contributed by atoms with Crippen molar-refractivity contribution in [2.75, 3.05) is 17.7 Å². The molecule has 1 amide bonds. The number of halogens is 1. The average molecular weight is 483 g/mol. The molecular weight excluding hydrogens is 460 g/mol. The van der Waals surface area contributed by atoms with Crippen molar-refractivity contribution in [2.24, 2.45) is 0 Å². The zero-order chi connectivity index (χ0) is 23.4. The lowest BCUT2D eigenvalue weighted by Crippen LogP contribution is -2.23. The van der Waals surface area contributed by atoms with Gasteiger partial charge in [0.1, 0.15) is 11.5 Å². The van der Waals surface area contributed by atoms with E-state index in [-0.39, 0.29) is 4.90 Å². The minimum atomic E-state index is -3.90. The summed E-state index contributed by atoms with van der Waals surface area (Å²) in [5, 5.41) is 3.82. The number of fused-ring (bicyclic) bond motifs is 1. The zero-order valence-electron chi connectivity index (χ0n) is 18.0. The second-order valence-electron chi connectivity index (χ2n) is 7.49. The molecule has 0 bridgehead atoms. The maximum atomic E-state index is 13.2. The van der Waals surface area contributed by atoms with Crippen LogP contribution in [0.2, 0.25) is 5.02 Å². The number of sulfone groups is 1. The van der Waals surface area contributed by atoms with Crippen molar-refractivity contribution in [3.8, 4) is 5.75 Å². The van der Waals surface area contributed by atoms with Gasteiger partial charge in [0.2, 0.25) is 5.91 Å². The number of anilines is 1. The first-order valence-corrected chi connectivity index (χ1v) is 12.5. The highest BCUT2D eigenvalue weighted by Crippen LogP contribution is 2.28. The van der Waals surface area contributed by atoms with E-state index < -0.39 is 21.5 Å². The predicted octanol–water partition coefficient (Wildman–Crippen LogP) is 5.15. The van der Waals surface area contributed by atoms with Crippen molar-refractivity contribution in [1.29, 1.82) is 0 Å². The molecule has 0 spiro atoms. The third kappa shape index (κ3) is 5.21. The van der Waals surface area contributed by atoms with Crippen LogP contribution in [0.1, 0.15) is 12.5 Å². The fraction of sp³-hybridized carbons (Fsp3) is 0.160. The Hall–Kier alpha value is -3.29. The molecule has 0 aliphatic rings. The Morgan fingerprint density at radius 2 is 1.70 bits per heavy atom. The van der Waals surface area contributed by atoms with E-state index in [2.05, 4.69) is 5.32 Å². The fourth-order valence-corrected chi connectivity index (χ4v) is 5.21. The summed E-state index contributed by atoms with van der Waals surface area (Å²) in [5.74, 6) is -0.600. The van der Waals surface area contributed by atoms with Gasteiger partial charge in [0.25, 0.3) is 0 Å². The van der Waals surface area contributed by atoms with E-state index in [1.165, 1.54) is 0 Å². The first-order chi connectivity index (χ1) is 15.9. The first-order valence-electron chi connectivity index (χ1n) is 10.4. The SMILES string of the molecule is CCOc1ccc(NC(=O)CS(=O)(=O)c2cn(Cc3ccccc3Cl)c3ccccc23)cc1. The van der Waals surface area contributed by atoms with Gasteiger partial charge < -0.3 is 14.6 Å². The van der Waals surface area contributed by atoms with Crippen molar-refractivity contribution in [3.05, 3.63) is 89.6 Å². The third-order valence-corrected chi connectivity index (χ3v) is 7.16. The molecule has 0 atom stereocenters. The van der Waals surface area contributed by atoms with E-state index in [4.69, 9.17) is 16.3 Å². The predicted molar refractivity (Wildman–Crippen MR) is 131 cm³/mol. The molecule has 170 valence electrons. The van der Waals surface area contributed by atoms with E-state index in [1.54, 1.807) is 48.7 Å². The Morgan fingerprint density at radius 1 is 1.00 bits per heavy atom. The van der Waals surface area contributed by atoms with Crippen LogP contribution in [0.15, 0.2) is 83.9 Å². The van der Waals surface area contributed by atoms with Crippen molar-refractivity contribution >= 4 is 43.9 Å². The normalized spacial score (nSPS) is 11.5. The van der Waals surface area contributed by atoms with Gasteiger partial charge >= 0.3 is 0 Å². The van der Waals surface area contributed by atoms with Gasteiger partial charge in [0.15, 0.2) is 9.84 Å². The second-order valence-corrected chi connectivity index (χ2v) is 9.86. The molecule has 3 aromatic carbocycles. The summed E-state index contributed by atoms with van der Waals surface area (Å²) in [6, 6.07) is 21.4. The number of aromatic nitrogens is 1. The van der Waals surface area contributed by atoms with Crippen LogP contribution < -0.4 is 10.1 Å². The van der Waals surface area contributed by atoms with Crippen LogP contribution in [0, 0.1) is 0 Å². The number of carbonyl (C=O) groups excluding carboxylic acids is 1. The molecule has 4 aromatic rings. The number of nitrogens with one attached hydrogen (secondary N) is 1. The number of nitrogens with zero attached hydrogens (tertiary/aromatic N) is 1. The van der Waals surface area contributed by atoms with Gasteiger partial charge in [-0.3, -0.25) is 4.79 Å². The summed E-state index contributed by atoms with van der Waals surface area (Å²) in [5.41, 5.74) is 2.12. The van der Waals surface area contributed by atoms with Gasteiger partial charge in [-0.25, -0.2) is 8.42 Å². The minimum Gasteiger partial charge on any atom is -0.494 e. The molecule has 33 heavy (non-hydrogen) atoms. The number of amides is 1. The lowest BCUT2D eigenvalue weighted by atomic mass is 10.2. The molecule has 0 fully saturated rings. The zero-order valence-corrected chi connectivity index (χ0v) is 19.6. The highest BCUT2D eigenvalue weighted by Gasteiger charge is 2.24. The number of benzene rings is 3. The molecule has 0 saturated heterocycles. The summed E-state index contributed by atoms with van der Waals surface area (Å²) in [4.78, 5) is 12.7. The lowest BCUT2D eigenvalue weighted by Gasteiger charge is -2.08. The van der Waals surface area contributed by atoms with Gasteiger partial charge in [-0.15, -0.1) is 0 Å². The fourth-order valence-electron chi connectivity index (χ4n) is 3.65. The van der Waals surface area contributed by atoms with Gasteiger partial charge in [0, 0.05) is 34.4 Å². The maximum absolute atomic E-state index is 13.2. The molecule has 1 heterocycles. The van der Waals surface area contributed by atoms with Crippen LogP contribution >= 0.6 is 11.6 Å². The molecule has 0 saturated carbocycles. The number of hydrogen-bond donors (Lipinski definition) is 1. The summed E-state index contributed by atoms with van der Waals surface area (Å²) in [7, 11) is -3.90. The van der Waals surface area contributed by atoms with E-state index in [0.717, 1.165) is 11.1 Å². The van der Waals surface area contributed by atoms with Crippen LogP contribution in [0.3, 0.4) is 0 Å². The van der Waals surface area contributed by atoms with Crippen LogP contribution in [0.25, 0.3) is 10.9 Å². The Balaban J connectivity index is 1.58. The third-order valence-electron chi connectivity index (χ3n) is 5.16. The molecule has 0 aliphatic heterocycles. The molecule has 1 aromatic heterocycles. The number of para-hydroxylation sites is 1. The molecule has 8 heteroatoms. The van der Waals surface area contributed by atoms with Crippen LogP contribution in [-0.4, -0.2) is 31.3 Å². The monoisotopic (exact) mass is 482 g/mol. The molecule has 0 aliphatic carbocycles. The van der Waals surface area contributed by atoms with Crippen molar-refractivity contribution < 1.29 is 17.9 Å². The summed E-state index contributed by atoms with van der Waals surface area (Å²) < 4.78 is 33.6. The number of rotatable bonds is 8. The van der Waals surface area contributed by atoms with Crippen LogP contribution in [0.4, 0.5) is 5.69 Å². The standard InChI is InChI=1S/C25H23ClN2O4S/c1-2-32-20-13-11-19(12-14-20)27-25(29)17-33(30,31)24-16-28(23-10-6-4-8-21(23)24)15-18-7-3-5-9-22(18)26/h3-14,16H,2,15,17H2,1H3,(H,27,29). The van der Waals surface area contributed by atoms with E-state index in [1.807, 2.05) is 41.8 Å². The molecule has 4 rings (SSSR count). The van der Waals surface area contributed by atoms with E-state index in [0.29, 0.717) is 35.0 Å².